The van der Waals surface area contributed by atoms with E-state index in [9.17, 15) is 27.6 Å². The van der Waals surface area contributed by atoms with Gasteiger partial charge in [0, 0.05) is 0 Å². The van der Waals surface area contributed by atoms with Crippen molar-refractivity contribution < 1.29 is 32.3 Å². The van der Waals surface area contributed by atoms with E-state index in [0.717, 1.165) is 11.6 Å². The normalized spacial score (nSPS) is 14.5. The quantitative estimate of drug-likeness (QED) is 0.351. The third-order valence-electron chi connectivity index (χ3n) is 4.91. The van der Waals surface area contributed by atoms with E-state index in [1.807, 2.05) is 35.6 Å². The van der Waals surface area contributed by atoms with Crippen LogP contribution in [0.25, 0.3) is 6.08 Å². The Labute approximate surface area is 202 Å². The molecule has 0 radical (unpaired) electrons. The van der Waals surface area contributed by atoms with Gasteiger partial charge in [-0.15, -0.1) is 0 Å². The van der Waals surface area contributed by atoms with Crippen molar-refractivity contribution in [1.82, 2.24) is 4.90 Å². The predicted molar refractivity (Wildman–Crippen MR) is 125 cm³/mol. The molecule has 1 aliphatic rings. The largest absolute Gasteiger partial charge is 0.489 e. The minimum Gasteiger partial charge on any atom is -0.489 e. The lowest BCUT2D eigenvalue weighted by Gasteiger charge is -2.13. The zero-order valence-electron chi connectivity index (χ0n) is 18.0. The van der Waals surface area contributed by atoms with Crippen LogP contribution >= 0.6 is 11.8 Å². The van der Waals surface area contributed by atoms with E-state index < -0.39 is 46.7 Å². The lowest BCUT2D eigenvalue weighted by atomic mass is 10.2. The fourth-order valence-corrected chi connectivity index (χ4v) is 3.98. The molecule has 0 aromatic heterocycles. The number of nitrogens with zero attached hydrogens (tertiary/aromatic N) is 1. The van der Waals surface area contributed by atoms with Gasteiger partial charge < -0.3 is 10.1 Å². The second-order valence-electron chi connectivity index (χ2n) is 7.38. The molecule has 10 heteroatoms. The van der Waals surface area contributed by atoms with Crippen LogP contribution in [-0.4, -0.2) is 28.5 Å². The van der Waals surface area contributed by atoms with E-state index in [1.54, 1.807) is 24.3 Å². The molecule has 3 aromatic carbocycles. The first kappa shape index (κ1) is 24.1. The van der Waals surface area contributed by atoms with Gasteiger partial charge in [0.1, 0.15) is 18.9 Å². The summed E-state index contributed by atoms with van der Waals surface area (Å²) >= 11 is 0.648. The Morgan fingerprint density at radius 2 is 1.66 bits per heavy atom. The zero-order valence-corrected chi connectivity index (χ0v) is 18.8. The van der Waals surface area contributed by atoms with Gasteiger partial charge in [-0.1, -0.05) is 42.5 Å². The number of nitrogens with one attached hydrogen (secondary N) is 1. The number of anilines is 1. The Hall–Kier alpha value is -4.05. The van der Waals surface area contributed by atoms with E-state index in [0.29, 0.717) is 40.6 Å². The minimum atomic E-state index is -1.74. The second-order valence-corrected chi connectivity index (χ2v) is 8.38. The van der Waals surface area contributed by atoms with Crippen LogP contribution in [0.4, 0.5) is 23.7 Å². The number of hydrogen-bond donors (Lipinski definition) is 1. The standard InChI is InChI=1S/C25H17F3N2O4S/c26-18-10-11-19(23(28)22(18)27)29-21(31)13-30-24(32)20(35-25(30)33)12-15-6-8-17(9-7-15)34-14-16-4-2-1-3-5-16/h1-12H,13-14H2,(H,29,31)/b20-12+. The molecule has 1 N–H and O–H groups in total. The number of carbonyl (C=O) groups excluding carboxylic acids is 3. The maximum atomic E-state index is 13.8. The van der Waals surface area contributed by atoms with Crippen molar-refractivity contribution in [2.75, 3.05) is 11.9 Å². The molecule has 0 aliphatic carbocycles. The number of imide groups is 1. The fraction of sp³-hybridized carbons (Fsp3) is 0.0800. The molecule has 1 saturated heterocycles. The molecule has 1 aliphatic heterocycles. The van der Waals surface area contributed by atoms with Gasteiger partial charge in [-0.25, -0.2) is 13.2 Å². The third-order valence-corrected chi connectivity index (χ3v) is 5.82. The summed E-state index contributed by atoms with van der Waals surface area (Å²) < 4.78 is 45.8. The molecule has 3 amide bonds. The molecule has 178 valence electrons. The van der Waals surface area contributed by atoms with Crippen molar-refractivity contribution in [2.24, 2.45) is 0 Å². The van der Waals surface area contributed by atoms with E-state index in [1.165, 1.54) is 6.08 Å². The SMILES string of the molecule is O=C(CN1C(=O)S/C(=C/c2ccc(OCc3ccccc3)cc2)C1=O)Nc1ccc(F)c(F)c1F. The molecule has 4 rings (SSSR count). The highest BCUT2D eigenvalue weighted by molar-refractivity contribution is 8.18. The Bertz CT molecular complexity index is 1310. The first-order valence-electron chi connectivity index (χ1n) is 10.3. The smallest absolute Gasteiger partial charge is 0.294 e. The first-order chi connectivity index (χ1) is 16.8. The molecular formula is C25H17F3N2O4S. The molecular weight excluding hydrogens is 481 g/mol. The highest BCUT2D eigenvalue weighted by Crippen LogP contribution is 2.32. The van der Waals surface area contributed by atoms with Gasteiger partial charge in [-0.05, 0) is 53.2 Å². The van der Waals surface area contributed by atoms with Crippen LogP contribution in [0.5, 0.6) is 5.75 Å². The summed E-state index contributed by atoms with van der Waals surface area (Å²) in [5.41, 5.74) is 1.04. The lowest BCUT2D eigenvalue weighted by Crippen LogP contribution is -2.36. The summed E-state index contributed by atoms with van der Waals surface area (Å²) in [6.45, 7) is -0.317. The van der Waals surface area contributed by atoms with Gasteiger partial charge in [0.25, 0.3) is 11.1 Å². The van der Waals surface area contributed by atoms with Crippen LogP contribution in [0, 0.1) is 17.5 Å². The molecule has 3 aromatic rings. The van der Waals surface area contributed by atoms with Gasteiger partial charge in [-0.2, -0.15) is 0 Å². The Morgan fingerprint density at radius 3 is 2.37 bits per heavy atom. The van der Waals surface area contributed by atoms with Crippen LogP contribution in [0.3, 0.4) is 0 Å². The number of amides is 3. The zero-order chi connectivity index (χ0) is 24.9. The summed E-state index contributed by atoms with van der Waals surface area (Å²) in [6, 6.07) is 18.0. The molecule has 0 bridgehead atoms. The molecule has 0 spiro atoms. The van der Waals surface area contributed by atoms with Crippen LogP contribution in [-0.2, 0) is 16.2 Å². The highest BCUT2D eigenvalue weighted by atomic mass is 32.2. The highest BCUT2D eigenvalue weighted by Gasteiger charge is 2.36. The van der Waals surface area contributed by atoms with Crippen molar-refractivity contribution in [3.8, 4) is 5.75 Å². The summed E-state index contributed by atoms with van der Waals surface area (Å²) in [4.78, 5) is 37.9. The Kier molecular flexibility index (Phi) is 7.21. The molecule has 1 heterocycles. The monoisotopic (exact) mass is 498 g/mol. The average Bonchev–Trinajstić information content (AvgIpc) is 3.12. The van der Waals surface area contributed by atoms with Crippen molar-refractivity contribution in [1.29, 1.82) is 0 Å². The second kappa shape index (κ2) is 10.5. The topological polar surface area (TPSA) is 75.7 Å². The van der Waals surface area contributed by atoms with E-state index in [2.05, 4.69) is 0 Å². The van der Waals surface area contributed by atoms with E-state index in [4.69, 9.17) is 4.74 Å². The molecule has 0 unspecified atom stereocenters. The van der Waals surface area contributed by atoms with Crippen LogP contribution < -0.4 is 10.1 Å². The van der Waals surface area contributed by atoms with Gasteiger partial charge >= 0.3 is 0 Å². The Morgan fingerprint density at radius 1 is 0.943 bits per heavy atom. The van der Waals surface area contributed by atoms with Crippen molar-refractivity contribution in [3.05, 3.63) is 100 Å². The summed E-state index contributed by atoms with van der Waals surface area (Å²) in [5, 5.41) is 1.34. The van der Waals surface area contributed by atoms with Gasteiger partial charge in [0.05, 0.1) is 10.6 Å². The number of carbonyl (C=O) groups is 3. The lowest BCUT2D eigenvalue weighted by molar-refractivity contribution is -0.127. The van der Waals surface area contributed by atoms with Crippen LogP contribution in [0.15, 0.2) is 71.6 Å². The maximum absolute atomic E-state index is 13.8. The molecule has 6 nitrogen and oxygen atoms in total. The van der Waals surface area contributed by atoms with Gasteiger partial charge in [-0.3, -0.25) is 19.3 Å². The summed E-state index contributed by atoms with van der Waals surface area (Å²) in [7, 11) is 0. The maximum Gasteiger partial charge on any atom is 0.294 e. The summed E-state index contributed by atoms with van der Waals surface area (Å²) in [6.07, 6.45) is 1.50. The molecule has 0 atom stereocenters. The first-order valence-corrected chi connectivity index (χ1v) is 11.1. The fourth-order valence-electron chi connectivity index (χ4n) is 3.14. The van der Waals surface area contributed by atoms with Crippen molar-refractivity contribution in [2.45, 2.75) is 6.61 Å². The van der Waals surface area contributed by atoms with Gasteiger partial charge in [0.2, 0.25) is 5.91 Å². The number of ether oxygens (including phenoxy) is 1. The third kappa shape index (κ3) is 5.72. The number of thioether (sulfide) groups is 1. The molecule has 0 saturated carbocycles. The number of rotatable bonds is 7. The predicted octanol–water partition coefficient (Wildman–Crippen LogP) is 5.36. The van der Waals surface area contributed by atoms with E-state index >= 15 is 0 Å². The number of benzene rings is 3. The average molecular weight is 498 g/mol. The van der Waals surface area contributed by atoms with Crippen molar-refractivity contribution >= 4 is 40.6 Å². The Balaban J connectivity index is 1.37. The number of hydrogen-bond acceptors (Lipinski definition) is 5. The van der Waals surface area contributed by atoms with E-state index in [-0.39, 0.29) is 4.91 Å². The van der Waals surface area contributed by atoms with Gasteiger partial charge in [0.15, 0.2) is 17.5 Å². The molecule has 1 fully saturated rings. The number of halogens is 3. The van der Waals surface area contributed by atoms with Crippen LogP contribution in [0.1, 0.15) is 11.1 Å². The summed E-state index contributed by atoms with van der Waals surface area (Å²) in [5.74, 6) is -5.76. The van der Waals surface area contributed by atoms with Crippen LogP contribution in [0.2, 0.25) is 0 Å². The molecule has 35 heavy (non-hydrogen) atoms. The van der Waals surface area contributed by atoms with Crippen molar-refractivity contribution in [3.63, 3.8) is 0 Å². The minimum absolute atomic E-state index is 0.0970.